The largest absolute Gasteiger partial charge is 0.382 e. The summed E-state index contributed by atoms with van der Waals surface area (Å²) in [6, 6.07) is 0.212. The maximum atomic E-state index is 5.69. The topological polar surface area (TPSA) is 53.1 Å². The number of aryl methyl sites for hydroxylation is 1. The third kappa shape index (κ3) is 2.56. The first-order chi connectivity index (χ1) is 6.83. The summed E-state index contributed by atoms with van der Waals surface area (Å²) in [5, 5.41) is 0. The molecule has 1 rings (SSSR count). The summed E-state index contributed by atoms with van der Waals surface area (Å²) < 4.78 is 7.24. The van der Waals surface area contributed by atoms with E-state index in [-0.39, 0.29) is 6.04 Å². The van der Waals surface area contributed by atoms with Crippen LogP contribution in [-0.4, -0.2) is 29.8 Å². The number of ether oxygens (including phenoxy) is 1. The van der Waals surface area contributed by atoms with E-state index in [1.54, 1.807) is 7.11 Å². The lowest BCUT2D eigenvalue weighted by Crippen LogP contribution is -2.24. The number of methoxy groups -OCH3 is 1. The minimum Gasteiger partial charge on any atom is -0.382 e. The van der Waals surface area contributed by atoms with Gasteiger partial charge in [0, 0.05) is 32.5 Å². The van der Waals surface area contributed by atoms with Gasteiger partial charge in [-0.15, -0.1) is 0 Å². The molecule has 0 fully saturated rings. The Kier molecular flexibility index (Phi) is 4.62. The zero-order valence-corrected chi connectivity index (χ0v) is 8.94. The van der Waals surface area contributed by atoms with E-state index in [0.29, 0.717) is 13.2 Å². The Morgan fingerprint density at radius 3 is 3.00 bits per heavy atom. The number of hydrogen-bond acceptors (Lipinski definition) is 3. The molecule has 1 aromatic rings. The Hall–Kier alpha value is -0.870. The van der Waals surface area contributed by atoms with Crippen molar-refractivity contribution in [2.45, 2.75) is 25.8 Å². The summed E-state index contributed by atoms with van der Waals surface area (Å²) in [5.74, 6) is 1.10. The molecule has 14 heavy (non-hydrogen) atoms. The lowest BCUT2D eigenvalue weighted by Gasteiger charge is -2.17. The van der Waals surface area contributed by atoms with Crippen LogP contribution in [-0.2, 0) is 11.2 Å². The van der Waals surface area contributed by atoms with Crippen LogP contribution in [0.2, 0.25) is 0 Å². The number of nitrogens with zero attached hydrogens (tertiary/aromatic N) is 2. The van der Waals surface area contributed by atoms with E-state index in [1.807, 2.05) is 12.4 Å². The molecule has 1 atom stereocenters. The molecule has 0 saturated heterocycles. The number of imidazole rings is 1. The van der Waals surface area contributed by atoms with Crippen LogP contribution in [0.25, 0.3) is 0 Å². The normalized spacial score (nSPS) is 13.1. The molecule has 4 heteroatoms. The van der Waals surface area contributed by atoms with Gasteiger partial charge in [0.05, 0.1) is 12.6 Å². The fourth-order valence-electron chi connectivity index (χ4n) is 1.55. The highest BCUT2D eigenvalue weighted by molar-refractivity contribution is 4.95. The van der Waals surface area contributed by atoms with Gasteiger partial charge in [-0.2, -0.15) is 0 Å². The van der Waals surface area contributed by atoms with Gasteiger partial charge < -0.3 is 15.0 Å². The van der Waals surface area contributed by atoms with E-state index in [1.165, 1.54) is 0 Å². The van der Waals surface area contributed by atoms with Crippen LogP contribution in [0.1, 0.15) is 25.2 Å². The van der Waals surface area contributed by atoms with E-state index in [0.717, 1.165) is 18.7 Å². The molecule has 0 aliphatic carbocycles. The molecule has 2 N–H and O–H groups in total. The molecule has 0 bridgehead atoms. The molecule has 0 aliphatic heterocycles. The summed E-state index contributed by atoms with van der Waals surface area (Å²) >= 11 is 0. The summed E-state index contributed by atoms with van der Waals surface area (Å²) in [4.78, 5) is 4.31. The molecular formula is C10H19N3O. The van der Waals surface area contributed by atoms with Crippen molar-refractivity contribution >= 4 is 0 Å². The maximum absolute atomic E-state index is 5.69. The number of rotatable bonds is 6. The smallest absolute Gasteiger partial charge is 0.108 e. The highest BCUT2D eigenvalue weighted by atomic mass is 16.5. The minimum absolute atomic E-state index is 0.212. The fourth-order valence-corrected chi connectivity index (χ4v) is 1.55. The second kappa shape index (κ2) is 5.78. The number of aromatic nitrogens is 2. The Morgan fingerprint density at radius 1 is 1.64 bits per heavy atom. The van der Waals surface area contributed by atoms with Crippen LogP contribution in [0.5, 0.6) is 0 Å². The SMILES string of the molecule is CCCc1nccn1C(CN)COC. The molecule has 1 aromatic heterocycles. The Morgan fingerprint density at radius 2 is 2.43 bits per heavy atom. The van der Waals surface area contributed by atoms with Gasteiger partial charge in [0.15, 0.2) is 0 Å². The van der Waals surface area contributed by atoms with E-state index >= 15 is 0 Å². The van der Waals surface area contributed by atoms with Crippen molar-refractivity contribution in [2.75, 3.05) is 20.3 Å². The first-order valence-corrected chi connectivity index (χ1v) is 5.04. The second-order valence-electron chi connectivity index (χ2n) is 3.35. The van der Waals surface area contributed by atoms with Crippen molar-refractivity contribution in [3.05, 3.63) is 18.2 Å². The molecule has 1 heterocycles. The van der Waals surface area contributed by atoms with E-state index in [2.05, 4.69) is 16.5 Å². The quantitative estimate of drug-likeness (QED) is 0.739. The zero-order valence-electron chi connectivity index (χ0n) is 8.94. The van der Waals surface area contributed by atoms with Gasteiger partial charge in [-0.05, 0) is 6.42 Å². The zero-order chi connectivity index (χ0) is 10.4. The van der Waals surface area contributed by atoms with E-state index in [4.69, 9.17) is 10.5 Å². The van der Waals surface area contributed by atoms with Crippen molar-refractivity contribution < 1.29 is 4.74 Å². The summed E-state index contributed by atoms with van der Waals surface area (Å²) in [7, 11) is 1.69. The Bertz CT molecular complexity index is 260. The second-order valence-corrected chi connectivity index (χ2v) is 3.35. The fraction of sp³-hybridized carbons (Fsp3) is 0.700. The van der Waals surface area contributed by atoms with Gasteiger partial charge in [-0.25, -0.2) is 4.98 Å². The highest BCUT2D eigenvalue weighted by Gasteiger charge is 2.11. The lowest BCUT2D eigenvalue weighted by atomic mass is 10.2. The van der Waals surface area contributed by atoms with Crippen LogP contribution in [0.3, 0.4) is 0 Å². The van der Waals surface area contributed by atoms with Gasteiger partial charge in [-0.3, -0.25) is 0 Å². The van der Waals surface area contributed by atoms with Gasteiger partial charge in [-0.1, -0.05) is 6.92 Å². The molecular weight excluding hydrogens is 178 g/mol. The van der Waals surface area contributed by atoms with Crippen molar-refractivity contribution in [2.24, 2.45) is 5.73 Å². The third-order valence-corrected chi connectivity index (χ3v) is 2.25. The van der Waals surface area contributed by atoms with Crippen molar-refractivity contribution in [3.8, 4) is 0 Å². The molecule has 80 valence electrons. The van der Waals surface area contributed by atoms with Crippen LogP contribution in [0.15, 0.2) is 12.4 Å². The van der Waals surface area contributed by atoms with Crippen LogP contribution >= 0.6 is 0 Å². The predicted molar refractivity (Wildman–Crippen MR) is 56.2 cm³/mol. The molecule has 0 aromatic carbocycles. The first kappa shape index (κ1) is 11.2. The molecule has 4 nitrogen and oxygen atoms in total. The summed E-state index contributed by atoms with van der Waals surface area (Å²) in [6.07, 6.45) is 5.89. The van der Waals surface area contributed by atoms with Crippen molar-refractivity contribution in [3.63, 3.8) is 0 Å². The molecule has 0 spiro atoms. The summed E-state index contributed by atoms with van der Waals surface area (Å²) in [5.41, 5.74) is 5.69. The predicted octanol–water partition coefficient (Wildman–Crippen LogP) is 0.982. The van der Waals surface area contributed by atoms with Gasteiger partial charge in [0.25, 0.3) is 0 Å². The van der Waals surface area contributed by atoms with Gasteiger partial charge in [0.1, 0.15) is 5.82 Å². The van der Waals surface area contributed by atoms with Crippen LogP contribution < -0.4 is 5.73 Å². The van der Waals surface area contributed by atoms with Gasteiger partial charge in [0.2, 0.25) is 0 Å². The van der Waals surface area contributed by atoms with Crippen LogP contribution in [0, 0.1) is 0 Å². The maximum Gasteiger partial charge on any atom is 0.108 e. The minimum atomic E-state index is 0.212. The van der Waals surface area contributed by atoms with E-state index in [9.17, 15) is 0 Å². The monoisotopic (exact) mass is 197 g/mol. The average molecular weight is 197 g/mol. The lowest BCUT2D eigenvalue weighted by molar-refractivity contribution is 0.156. The molecule has 0 saturated carbocycles. The van der Waals surface area contributed by atoms with Gasteiger partial charge >= 0.3 is 0 Å². The van der Waals surface area contributed by atoms with Crippen molar-refractivity contribution in [1.82, 2.24) is 9.55 Å². The standard InChI is InChI=1S/C10H19N3O/c1-3-4-10-12-5-6-13(10)9(7-11)8-14-2/h5-6,9H,3-4,7-8,11H2,1-2H3. The number of hydrogen-bond donors (Lipinski definition) is 1. The molecule has 1 unspecified atom stereocenters. The van der Waals surface area contributed by atoms with E-state index < -0.39 is 0 Å². The molecule has 0 amide bonds. The first-order valence-electron chi connectivity index (χ1n) is 5.04. The van der Waals surface area contributed by atoms with Crippen molar-refractivity contribution in [1.29, 1.82) is 0 Å². The Labute approximate surface area is 85.1 Å². The highest BCUT2D eigenvalue weighted by Crippen LogP contribution is 2.10. The average Bonchev–Trinajstić information content (AvgIpc) is 2.63. The molecule has 0 aliphatic rings. The number of nitrogens with two attached hydrogens (primary N) is 1. The summed E-state index contributed by atoms with van der Waals surface area (Å²) in [6.45, 7) is 3.37. The van der Waals surface area contributed by atoms with Crippen LogP contribution in [0.4, 0.5) is 0 Å². The Balaban J connectivity index is 2.74. The molecule has 0 radical (unpaired) electrons. The third-order valence-electron chi connectivity index (χ3n) is 2.25.